The molecule has 2 aliphatic rings. The van der Waals surface area contributed by atoms with Crippen LogP contribution in [0.1, 0.15) is 52.4 Å². The Labute approximate surface area is 199 Å². The van der Waals surface area contributed by atoms with Crippen molar-refractivity contribution in [2.75, 3.05) is 6.54 Å². The van der Waals surface area contributed by atoms with Crippen LogP contribution in [-0.4, -0.2) is 54.6 Å². The highest BCUT2D eigenvalue weighted by Crippen LogP contribution is 2.37. The van der Waals surface area contributed by atoms with Gasteiger partial charge in [0, 0.05) is 53.7 Å². The van der Waals surface area contributed by atoms with Gasteiger partial charge in [0.25, 0.3) is 0 Å². The Morgan fingerprint density at radius 1 is 1.26 bits per heavy atom. The second kappa shape index (κ2) is 9.05. The average molecular weight is 456 g/mol. The van der Waals surface area contributed by atoms with Gasteiger partial charge in [0.1, 0.15) is 5.82 Å². The van der Waals surface area contributed by atoms with Crippen LogP contribution in [0.2, 0.25) is 0 Å². The lowest BCUT2D eigenvalue weighted by molar-refractivity contribution is 0.0873. The van der Waals surface area contributed by atoms with Crippen molar-refractivity contribution in [3.63, 3.8) is 0 Å². The van der Waals surface area contributed by atoms with Gasteiger partial charge in [-0.25, -0.2) is 4.98 Å². The molecular formula is C27H29N5O2. The van der Waals surface area contributed by atoms with E-state index in [-0.39, 0.29) is 17.9 Å². The smallest absolute Gasteiger partial charge is 0.178 e. The predicted molar refractivity (Wildman–Crippen MR) is 130 cm³/mol. The van der Waals surface area contributed by atoms with Crippen LogP contribution in [-0.2, 0) is 6.54 Å². The number of aryl methyl sites for hydroxylation is 1. The van der Waals surface area contributed by atoms with Crippen molar-refractivity contribution in [3.05, 3.63) is 77.1 Å². The summed E-state index contributed by atoms with van der Waals surface area (Å²) in [6.07, 6.45) is 10.3. The standard InChI is InChI=1S/C27H29N5O2/c1-18-24(27(34)17-31-22-9-10-25(31)26(33)15-22)14-23(4-3-12-30-13-11-29-19(30)2)32(18)21-7-5-20(16-28)6-8-21/h3-8,11,13-14,22,25-26,33H,9-10,12,15,17H2,1-2H3/b4-3+/t22?,25?,26-/m1/s1. The lowest BCUT2D eigenvalue weighted by Crippen LogP contribution is -2.36. The Morgan fingerprint density at radius 2 is 2.06 bits per heavy atom. The zero-order valence-electron chi connectivity index (χ0n) is 19.6. The molecule has 174 valence electrons. The summed E-state index contributed by atoms with van der Waals surface area (Å²) in [6.45, 7) is 4.95. The molecule has 7 heteroatoms. The normalized spacial score (nSPS) is 22.0. The molecule has 2 bridgehead atoms. The van der Waals surface area contributed by atoms with Crippen LogP contribution in [0.5, 0.6) is 0 Å². The summed E-state index contributed by atoms with van der Waals surface area (Å²) in [7, 11) is 0. The van der Waals surface area contributed by atoms with Crippen LogP contribution in [0.15, 0.2) is 48.8 Å². The Balaban J connectivity index is 1.46. The highest BCUT2D eigenvalue weighted by molar-refractivity contribution is 5.99. The number of imidazole rings is 1. The number of aliphatic hydroxyl groups excluding tert-OH is 1. The van der Waals surface area contributed by atoms with Crippen molar-refractivity contribution in [2.24, 2.45) is 0 Å². The first-order valence-electron chi connectivity index (χ1n) is 11.8. The second-order valence-corrected chi connectivity index (χ2v) is 9.29. The lowest BCUT2D eigenvalue weighted by Gasteiger charge is -2.21. The van der Waals surface area contributed by atoms with Crippen molar-refractivity contribution < 1.29 is 9.90 Å². The first-order chi connectivity index (χ1) is 16.5. The van der Waals surface area contributed by atoms with Crippen molar-refractivity contribution in [1.29, 1.82) is 5.26 Å². The largest absolute Gasteiger partial charge is 0.391 e. The van der Waals surface area contributed by atoms with Crippen molar-refractivity contribution in [1.82, 2.24) is 19.0 Å². The minimum atomic E-state index is -0.318. The molecule has 0 amide bonds. The molecule has 4 heterocycles. The van der Waals surface area contributed by atoms with E-state index in [0.29, 0.717) is 30.3 Å². The third-order valence-electron chi connectivity index (χ3n) is 7.32. The van der Waals surface area contributed by atoms with E-state index in [4.69, 9.17) is 0 Å². The van der Waals surface area contributed by atoms with Crippen molar-refractivity contribution >= 4 is 11.9 Å². The molecule has 3 atom stereocenters. The number of nitriles is 1. The molecule has 0 aliphatic carbocycles. The number of aliphatic hydroxyl groups is 1. The number of hydrogen-bond acceptors (Lipinski definition) is 5. The Hall–Kier alpha value is -3.47. The van der Waals surface area contributed by atoms with E-state index in [2.05, 4.69) is 31.2 Å². The quantitative estimate of drug-likeness (QED) is 0.550. The number of rotatable bonds is 7. The SMILES string of the molecule is Cc1nccn1C/C=C/c1cc(C(=O)CN2C3CCC2[C@H](O)C3)c(C)n1-c1ccc(C#N)cc1. The van der Waals surface area contributed by atoms with E-state index in [1.165, 1.54) is 0 Å². The molecule has 7 nitrogen and oxygen atoms in total. The van der Waals surface area contributed by atoms with Crippen LogP contribution in [0.3, 0.4) is 0 Å². The van der Waals surface area contributed by atoms with E-state index >= 15 is 0 Å². The third kappa shape index (κ3) is 4.00. The molecule has 5 rings (SSSR count). The number of allylic oxidation sites excluding steroid dienone is 1. The van der Waals surface area contributed by atoms with Gasteiger partial charge in [0.05, 0.1) is 24.3 Å². The van der Waals surface area contributed by atoms with Gasteiger partial charge in [0.15, 0.2) is 5.78 Å². The molecule has 2 fully saturated rings. The van der Waals surface area contributed by atoms with E-state index in [9.17, 15) is 15.2 Å². The fourth-order valence-electron chi connectivity index (χ4n) is 5.51. The zero-order valence-corrected chi connectivity index (χ0v) is 19.6. The number of nitrogens with zero attached hydrogens (tertiary/aromatic N) is 5. The molecule has 34 heavy (non-hydrogen) atoms. The molecule has 2 saturated heterocycles. The maximum Gasteiger partial charge on any atom is 0.178 e. The topological polar surface area (TPSA) is 87.1 Å². The van der Waals surface area contributed by atoms with Gasteiger partial charge in [0.2, 0.25) is 0 Å². The summed E-state index contributed by atoms with van der Waals surface area (Å²) in [5.41, 5.74) is 3.99. The summed E-state index contributed by atoms with van der Waals surface area (Å²) in [5, 5.41) is 19.4. The van der Waals surface area contributed by atoms with E-state index in [1.807, 2.05) is 44.3 Å². The molecule has 1 N–H and O–H groups in total. The summed E-state index contributed by atoms with van der Waals surface area (Å²) in [4.78, 5) is 19.9. The van der Waals surface area contributed by atoms with Gasteiger partial charge in [-0.3, -0.25) is 9.69 Å². The van der Waals surface area contributed by atoms with E-state index in [0.717, 1.165) is 42.2 Å². The monoisotopic (exact) mass is 455 g/mol. The molecule has 1 aromatic carbocycles. The summed E-state index contributed by atoms with van der Waals surface area (Å²) in [6, 6.07) is 11.9. The fraction of sp³-hybridized carbons (Fsp3) is 0.370. The predicted octanol–water partition coefficient (Wildman–Crippen LogP) is 3.66. The van der Waals surface area contributed by atoms with Crippen LogP contribution in [0.25, 0.3) is 11.8 Å². The number of carbonyl (C=O) groups excluding carboxylic acids is 1. The van der Waals surface area contributed by atoms with Gasteiger partial charge in [-0.1, -0.05) is 6.08 Å². The molecule has 2 aromatic heterocycles. The third-order valence-corrected chi connectivity index (χ3v) is 7.32. The molecule has 0 spiro atoms. The van der Waals surface area contributed by atoms with Crippen LogP contribution in [0, 0.1) is 25.2 Å². The Kier molecular flexibility index (Phi) is 5.94. The molecule has 0 saturated carbocycles. The maximum absolute atomic E-state index is 13.4. The number of hydrogen-bond donors (Lipinski definition) is 1. The Morgan fingerprint density at radius 3 is 2.68 bits per heavy atom. The highest BCUT2D eigenvalue weighted by Gasteiger charge is 2.46. The number of Topliss-reactive ketones (excluding diaryl/α,β-unsaturated/α-hetero) is 1. The second-order valence-electron chi connectivity index (χ2n) is 9.29. The van der Waals surface area contributed by atoms with Crippen molar-refractivity contribution in [2.45, 2.75) is 57.8 Å². The van der Waals surface area contributed by atoms with E-state index < -0.39 is 0 Å². The molecule has 2 aliphatic heterocycles. The molecular weight excluding hydrogens is 426 g/mol. The summed E-state index contributed by atoms with van der Waals surface area (Å²) >= 11 is 0. The van der Waals surface area contributed by atoms with Crippen LogP contribution < -0.4 is 0 Å². The van der Waals surface area contributed by atoms with Gasteiger partial charge in [-0.05, 0) is 69.5 Å². The zero-order chi connectivity index (χ0) is 23.8. The number of ketones is 1. The van der Waals surface area contributed by atoms with Gasteiger partial charge in [-0.15, -0.1) is 0 Å². The number of fused-ring (bicyclic) bond motifs is 2. The van der Waals surface area contributed by atoms with E-state index in [1.54, 1.807) is 18.3 Å². The average Bonchev–Trinajstić information content (AvgIpc) is 3.58. The van der Waals surface area contributed by atoms with Crippen molar-refractivity contribution in [3.8, 4) is 11.8 Å². The lowest BCUT2D eigenvalue weighted by atomic mass is 9.98. The van der Waals surface area contributed by atoms with Crippen LogP contribution in [0.4, 0.5) is 0 Å². The maximum atomic E-state index is 13.4. The van der Waals surface area contributed by atoms with Gasteiger partial charge >= 0.3 is 0 Å². The molecule has 0 radical (unpaired) electrons. The Bertz CT molecular complexity index is 1280. The molecule has 3 aromatic rings. The van der Waals surface area contributed by atoms with Crippen LogP contribution >= 0.6 is 0 Å². The minimum Gasteiger partial charge on any atom is -0.391 e. The highest BCUT2D eigenvalue weighted by atomic mass is 16.3. The number of carbonyl (C=O) groups is 1. The first-order valence-corrected chi connectivity index (χ1v) is 11.8. The summed E-state index contributed by atoms with van der Waals surface area (Å²) < 4.78 is 4.12. The van der Waals surface area contributed by atoms with Gasteiger partial charge in [-0.2, -0.15) is 5.26 Å². The first kappa shape index (κ1) is 22.3. The van der Waals surface area contributed by atoms with Gasteiger partial charge < -0.3 is 14.2 Å². The molecule has 2 unspecified atom stereocenters. The minimum absolute atomic E-state index is 0.0796. The number of aromatic nitrogens is 3. The summed E-state index contributed by atoms with van der Waals surface area (Å²) in [5.74, 6) is 1.03. The number of benzene rings is 1. The fourth-order valence-corrected chi connectivity index (χ4v) is 5.51.